The van der Waals surface area contributed by atoms with Crippen LogP contribution in [0.15, 0.2) is 48.5 Å². The Hall–Kier alpha value is -3.01. The Morgan fingerprint density at radius 1 is 1.05 bits per heavy atom. The topological polar surface area (TPSA) is 70.9 Å². The Morgan fingerprint density at radius 2 is 1.90 bits per heavy atom. The van der Waals surface area contributed by atoms with Gasteiger partial charge in [-0.1, -0.05) is 18.2 Å². The Balaban J connectivity index is 1.86. The molecule has 102 valence electrons. The fraction of sp³-hybridized carbons (Fsp3) is 0. The molecule has 2 heterocycles. The van der Waals surface area contributed by atoms with E-state index in [2.05, 4.69) is 10.3 Å². The number of benzene rings is 2. The fourth-order valence-corrected chi connectivity index (χ4v) is 2.68. The molecule has 4 N–H and O–H groups in total. The van der Waals surface area contributed by atoms with E-state index in [1.54, 1.807) is 6.07 Å². The molecule has 0 unspecified atom stereocenters. The van der Waals surface area contributed by atoms with Crippen molar-refractivity contribution in [2.24, 2.45) is 0 Å². The summed E-state index contributed by atoms with van der Waals surface area (Å²) in [6.07, 6.45) is 1.86. The lowest BCUT2D eigenvalue weighted by molar-refractivity contribution is -0.110. The predicted molar refractivity (Wildman–Crippen MR) is 85.7 cm³/mol. The number of amides is 1. The molecule has 0 spiro atoms. The zero-order chi connectivity index (χ0) is 14.4. The van der Waals surface area contributed by atoms with Crippen molar-refractivity contribution < 1.29 is 4.79 Å². The second-order valence-electron chi connectivity index (χ2n) is 5.13. The van der Waals surface area contributed by atoms with Crippen molar-refractivity contribution in [3.8, 4) is 0 Å². The van der Waals surface area contributed by atoms with Gasteiger partial charge in [-0.25, -0.2) is 0 Å². The Labute approximate surface area is 121 Å². The number of rotatable bonds is 1. The van der Waals surface area contributed by atoms with Gasteiger partial charge < -0.3 is 16.0 Å². The average molecular weight is 275 g/mol. The molecule has 21 heavy (non-hydrogen) atoms. The normalized spacial score (nSPS) is 15.4. The van der Waals surface area contributed by atoms with E-state index in [1.165, 1.54) is 0 Å². The summed E-state index contributed by atoms with van der Waals surface area (Å²) in [4.78, 5) is 15.4. The van der Waals surface area contributed by atoms with Crippen LogP contribution >= 0.6 is 0 Å². The van der Waals surface area contributed by atoms with Crippen LogP contribution in [0, 0.1) is 0 Å². The minimum Gasteiger partial charge on any atom is -0.399 e. The molecule has 4 nitrogen and oxygen atoms in total. The lowest BCUT2D eigenvalue weighted by Crippen LogP contribution is -2.03. The maximum atomic E-state index is 12.1. The highest BCUT2D eigenvalue weighted by molar-refractivity contribution is 6.35. The zero-order valence-electron chi connectivity index (χ0n) is 11.2. The van der Waals surface area contributed by atoms with Gasteiger partial charge in [0.25, 0.3) is 5.91 Å². The standard InChI is InChI=1S/C17H13N3O/c18-11-5-6-16-13(8-11)14(17(21)20-16)9-12-7-10-3-1-2-4-15(10)19-12/h1-9,19H,18H2,(H,20,21)/b14-9-. The minimum atomic E-state index is -0.103. The first-order valence-electron chi connectivity index (χ1n) is 6.71. The van der Waals surface area contributed by atoms with Crippen LogP contribution in [0.4, 0.5) is 11.4 Å². The lowest BCUT2D eigenvalue weighted by atomic mass is 10.1. The summed E-state index contributed by atoms with van der Waals surface area (Å²) >= 11 is 0. The summed E-state index contributed by atoms with van der Waals surface area (Å²) in [5, 5.41) is 3.97. The van der Waals surface area contributed by atoms with Gasteiger partial charge in [-0.15, -0.1) is 0 Å². The SMILES string of the molecule is Nc1ccc2c(c1)/C(=C/c1cc3ccccc3[nH]1)C(=O)N2. The third-order valence-electron chi connectivity index (χ3n) is 3.68. The molecule has 0 saturated carbocycles. The van der Waals surface area contributed by atoms with Crippen molar-refractivity contribution in [3.63, 3.8) is 0 Å². The van der Waals surface area contributed by atoms with Gasteiger partial charge >= 0.3 is 0 Å². The first kappa shape index (κ1) is 11.8. The number of para-hydroxylation sites is 1. The highest BCUT2D eigenvalue weighted by atomic mass is 16.2. The number of aromatic nitrogens is 1. The molecule has 1 aliphatic heterocycles. The van der Waals surface area contributed by atoms with Crippen LogP contribution in [-0.2, 0) is 4.79 Å². The van der Waals surface area contributed by atoms with Gasteiger partial charge in [-0.3, -0.25) is 4.79 Å². The molecular weight excluding hydrogens is 262 g/mol. The maximum Gasteiger partial charge on any atom is 0.256 e. The zero-order valence-corrected chi connectivity index (χ0v) is 11.2. The van der Waals surface area contributed by atoms with E-state index >= 15 is 0 Å². The summed E-state index contributed by atoms with van der Waals surface area (Å²) in [5.74, 6) is -0.103. The molecule has 4 rings (SSSR count). The quantitative estimate of drug-likeness (QED) is 0.471. The minimum absolute atomic E-state index is 0.103. The van der Waals surface area contributed by atoms with Crippen molar-refractivity contribution >= 4 is 39.8 Å². The van der Waals surface area contributed by atoms with Crippen molar-refractivity contribution in [3.05, 3.63) is 59.8 Å². The number of hydrogen-bond acceptors (Lipinski definition) is 2. The van der Waals surface area contributed by atoms with Gasteiger partial charge in [0, 0.05) is 28.1 Å². The maximum absolute atomic E-state index is 12.1. The number of fused-ring (bicyclic) bond motifs is 2. The molecule has 2 aromatic carbocycles. The summed E-state index contributed by atoms with van der Waals surface area (Å²) < 4.78 is 0. The summed E-state index contributed by atoms with van der Waals surface area (Å²) in [6, 6.07) is 15.5. The third-order valence-corrected chi connectivity index (χ3v) is 3.68. The number of nitrogens with two attached hydrogens (primary N) is 1. The summed E-state index contributed by atoms with van der Waals surface area (Å²) in [5.41, 5.74) is 10.7. The number of nitrogen functional groups attached to an aromatic ring is 1. The molecule has 0 atom stereocenters. The first-order chi connectivity index (χ1) is 10.2. The van der Waals surface area contributed by atoms with E-state index in [9.17, 15) is 4.79 Å². The van der Waals surface area contributed by atoms with Crippen LogP contribution in [0.2, 0.25) is 0 Å². The highest BCUT2D eigenvalue weighted by Crippen LogP contribution is 2.34. The van der Waals surface area contributed by atoms with E-state index in [4.69, 9.17) is 5.73 Å². The first-order valence-corrected chi connectivity index (χ1v) is 6.71. The second kappa shape index (κ2) is 4.24. The van der Waals surface area contributed by atoms with Crippen LogP contribution in [0.25, 0.3) is 22.6 Å². The third kappa shape index (κ3) is 1.89. The number of H-pyrrole nitrogens is 1. The molecule has 0 aliphatic carbocycles. The number of carbonyl (C=O) groups excluding carboxylic acids is 1. The van der Waals surface area contributed by atoms with Gasteiger partial charge in [0.05, 0.1) is 5.57 Å². The second-order valence-corrected chi connectivity index (χ2v) is 5.13. The number of anilines is 2. The monoisotopic (exact) mass is 275 g/mol. The van der Waals surface area contributed by atoms with E-state index in [0.29, 0.717) is 11.3 Å². The van der Waals surface area contributed by atoms with Crippen molar-refractivity contribution in [2.45, 2.75) is 0 Å². The van der Waals surface area contributed by atoms with Crippen LogP contribution < -0.4 is 11.1 Å². The van der Waals surface area contributed by atoms with E-state index in [1.807, 2.05) is 48.5 Å². The molecule has 1 aliphatic rings. The largest absolute Gasteiger partial charge is 0.399 e. The average Bonchev–Trinajstić information content (AvgIpc) is 3.01. The summed E-state index contributed by atoms with van der Waals surface area (Å²) in [7, 11) is 0. The molecule has 1 amide bonds. The number of aromatic amines is 1. The molecule has 0 radical (unpaired) electrons. The van der Waals surface area contributed by atoms with E-state index < -0.39 is 0 Å². The highest BCUT2D eigenvalue weighted by Gasteiger charge is 2.24. The van der Waals surface area contributed by atoms with Crippen LogP contribution in [0.1, 0.15) is 11.3 Å². The molecule has 4 heteroatoms. The smallest absolute Gasteiger partial charge is 0.256 e. The van der Waals surface area contributed by atoms with Gasteiger partial charge in [-0.05, 0) is 41.8 Å². The van der Waals surface area contributed by atoms with Gasteiger partial charge in [0.2, 0.25) is 0 Å². The molecular formula is C17H13N3O. The summed E-state index contributed by atoms with van der Waals surface area (Å²) in [6.45, 7) is 0. The molecule has 1 aromatic heterocycles. The lowest BCUT2D eigenvalue weighted by Gasteiger charge is -1.99. The number of carbonyl (C=O) groups is 1. The Morgan fingerprint density at radius 3 is 2.76 bits per heavy atom. The van der Waals surface area contributed by atoms with Crippen molar-refractivity contribution in [1.82, 2.24) is 4.98 Å². The fourth-order valence-electron chi connectivity index (χ4n) is 2.68. The van der Waals surface area contributed by atoms with E-state index in [0.717, 1.165) is 27.8 Å². The van der Waals surface area contributed by atoms with Crippen LogP contribution in [0.5, 0.6) is 0 Å². The Bertz CT molecular complexity index is 872. The molecule has 0 bridgehead atoms. The van der Waals surface area contributed by atoms with Gasteiger partial charge in [0.1, 0.15) is 0 Å². The molecule has 3 aromatic rings. The number of hydrogen-bond donors (Lipinski definition) is 3. The van der Waals surface area contributed by atoms with Crippen LogP contribution in [-0.4, -0.2) is 10.9 Å². The molecule has 0 fully saturated rings. The predicted octanol–water partition coefficient (Wildman–Crippen LogP) is 3.24. The van der Waals surface area contributed by atoms with Gasteiger partial charge in [-0.2, -0.15) is 0 Å². The Kier molecular flexibility index (Phi) is 2.38. The van der Waals surface area contributed by atoms with Gasteiger partial charge in [0.15, 0.2) is 0 Å². The molecule has 0 saturated heterocycles. The van der Waals surface area contributed by atoms with Crippen LogP contribution in [0.3, 0.4) is 0 Å². The van der Waals surface area contributed by atoms with Crippen molar-refractivity contribution in [1.29, 1.82) is 0 Å². The van der Waals surface area contributed by atoms with Crippen molar-refractivity contribution in [2.75, 3.05) is 11.1 Å². The number of nitrogens with one attached hydrogen (secondary N) is 2. The van der Waals surface area contributed by atoms with E-state index in [-0.39, 0.29) is 5.91 Å².